The zero-order valence-corrected chi connectivity index (χ0v) is 12.4. The Bertz CT molecular complexity index is 612. The van der Waals surface area contributed by atoms with Crippen LogP contribution < -0.4 is 4.90 Å². The summed E-state index contributed by atoms with van der Waals surface area (Å²) in [6.45, 7) is 0.462. The van der Waals surface area contributed by atoms with Gasteiger partial charge in [0.25, 0.3) is 5.95 Å². The van der Waals surface area contributed by atoms with Crippen LogP contribution in [0.25, 0.3) is 5.95 Å². The van der Waals surface area contributed by atoms with Gasteiger partial charge in [-0.15, -0.1) is 0 Å². The molecule has 1 fully saturated rings. The van der Waals surface area contributed by atoms with Crippen LogP contribution >= 0.6 is 11.6 Å². The van der Waals surface area contributed by atoms with Crippen molar-refractivity contribution in [3.8, 4) is 5.95 Å². The average molecular weight is 310 g/mol. The molecule has 1 N–H and O–H groups in total. The molecule has 1 aliphatic carbocycles. The third kappa shape index (κ3) is 3.11. The molecule has 2 aromatic rings. The third-order valence-corrected chi connectivity index (χ3v) is 3.78. The summed E-state index contributed by atoms with van der Waals surface area (Å²) in [5, 5.41) is 14.5. The van der Waals surface area contributed by atoms with Crippen LogP contribution in [0.3, 0.4) is 0 Å². The Morgan fingerprint density at radius 1 is 1.33 bits per heavy atom. The van der Waals surface area contributed by atoms with E-state index in [0.29, 0.717) is 18.4 Å². The number of halogens is 1. The molecule has 0 unspecified atom stereocenters. The van der Waals surface area contributed by atoms with Crippen LogP contribution in [-0.2, 0) is 0 Å². The molecule has 3 rings (SSSR count). The van der Waals surface area contributed by atoms with Crippen molar-refractivity contribution < 1.29 is 5.11 Å². The van der Waals surface area contributed by atoms with Gasteiger partial charge in [0.05, 0.1) is 5.60 Å². The Hall–Kier alpha value is -1.80. The summed E-state index contributed by atoms with van der Waals surface area (Å²) < 4.78 is 1.41. The molecule has 0 spiro atoms. The summed E-state index contributed by atoms with van der Waals surface area (Å²) in [5.41, 5.74) is -0.679. The molecule has 0 radical (unpaired) electrons. The summed E-state index contributed by atoms with van der Waals surface area (Å²) in [4.78, 5) is 18.1. The van der Waals surface area contributed by atoms with Crippen molar-refractivity contribution in [2.45, 2.75) is 31.3 Å². The number of nitrogens with zero attached hydrogens (tertiary/aromatic N) is 7. The van der Waals surface area contributed by atoms with E-state index in [1.807, 2.05) is 7.05 Å². The van der Waals surface area contributed by atoms with Crippen molar-refractivity contribution >= 4 is 17.5 Å². The summed E-state index contributed by atoms with van der Waals surface area (Å²) >= 11 is 5.95. The van der Waals surface area contributed by atoms with Crippen molar-refractivity contribution in [2.24, 2.45) is 0 Å². The van der Waals surface area contributed by atoms with Crippen molar-refractivity contribution in [1.82, 2.24) is 29.7 Å². The first-order chi connectivity index (χ1) is 10.1. The molecule has 0 aliphatic heterocycles. The smallest absolute Gasteiger partial charge is 0.258 e. The molecule has 8 nitrogen and oxygen atoms in total. The van der Waals surface area contributed by atoms with Gasteiger partial charge in [0.2, 0.25) is 11.2 Å². The van der Waals surface area contributed by atoms with E-state index in [9.17, 15) is 5.11 Å². The minimum Gasteiger partial charge on any atom is -0.388 e. The SMILES string of the molecule is CN(CC1(O)CCCC1)c1nc(Cl)nc(-n2cncn2)n1. The number of anilines is 1. The summed E-state index contributed by atoms with van der Waals surface area (Å²) in [5.74, 6) is 0.702. The van der Waals surface area contributed by atoms with Crippen LogP contribution in [0.15, 0.2) is 12.7 Å². The molecular formula is C12H16ClN7O. The van der Waals surface area contributed by atoms with Gasteiger partial charge in [-0.1, -0.05) is 12.8 Å². The van der Waals surface area contributed by atoms with Crippen LogP contribution in [-0.4, -0.2) is 54.0 Å². The summed E-state index contributed by atoms with van der Waals surface area (Å²) in [6.07, 6.45) is 6.57. The molecule has 9 heteroatoms. The Labute approximate surface area is 126 Å². The molecule has 1 aliphatic rings. The van der Waals surface area contributed by atoms with Gasteiger partial charge in [0.15, 0.2) is 0 Å². The highest BCUT2D eigenvalue weighted by atomic mass is 35.5. The first-order valence-electron chi connectivity index (χ1n) is 6.76. The van der Waals surface area contributed by atoms with E-state index in [-0.39, 0.29) is 5.28 Å². The molecule has 0 amide bonds. The Morgan fingerprint density at radius 3 is 2.76 bits per heavy atom. The van der Waals surface area contributed by atoms with E-state index in [1.165, 1.54) is 17.3 Å². The lowest BCUT2D eigenvalue weighted by molar-refractivity contribution is 0.0556. The van der Waals surface area contributed by atoms with E-state index in [1.54, 1.807) is 4.90 Å². The minimum atomic E-state index is -0.679. The monoisotopic (exact) mass is 309 g/mol. The standard InChI is InChI=1S/C12H16ClN7O/c1-19(6-12(21)4-2-3-5-12)10-16-9(13)17-11(18-10)20-8-14-7-15-20/h7-8,21H,2-6H2,1H3. The minimum absolute atomic E-state index is 0.0794. The van der Waals surface area contributed by atoms with E-state index < -0.39 is 5.60 Å². The third-order valence-electron chi connectivity index (χ3n) is 3.62. The normalized spacial score (nSPS) is 17.1. The second-order valence-electron chi connectivity index (χ2n) is 5.33. The van der Waals surface area contributed by atoms with Gasteiger partial charge >= 0.3 is 0 Å². The number of hydrogen-bond donors (Lipinski definition) is 1. The second kappa shape index (κ2) is 5.53. The second-order valence-corrected chi connectivity index (χ2v) is 5.67. The fourth-order valence-electron chi connectivity index (χ4n) is 2.62. The highest BCUT2D eigenvalue weighted by Gasteiger charge is 2.33. The van der Waals surface area contributed by atoms with E-state index in [4.69, 9.17) is 11.6 Å². The van der Waals surface area contributed by atoms with Crippen molar-refractivity contribution in [1.29, 1.82) is 0 Å². The molecular weight excluding hydrogens is 294 g/mol. The molecule has 1 saturated carbocycles. The summed E-state index contributed by atoms with van der Waals surface area (Å²) in [7, 11) is 1.83. The van der Waals surface area contributed by atoms with Crippen LogP contribution in [0, 0.1) is 0 Å². The van der Waals surface area contributed by atoms with Crippen LogP contribution in [0.4, 0.5) is 5.95 Å². The van der Waals surface area contributed by atoms with Crippen LogP contribution in [0.1, 0.15) is 25.7 Å². The maximum absolute atomic E-state index is 10.5. The first kappa shape index (κ1) is 14.2. The van der Waals surface area contributed by atoms with Gasteiger partial charge in [0.1, 0.15) is 12.7 Å². The fourth-order valence-corrected chi connectivity index (χ4v) is 2.77. The lowest BCUT2D eigenvalue weighted by atomic mass is 10.0. The molecule has 112 valence electrons. The average Bonchev–Trinajstić information content (AvgIpc) is 3.09. The van der Waals surface area contributed by atoms with Gasteiger partial charge in [-0.3, -0.25) is 0 Å². The van der Waals surface area contributed by atoms with Crippen LogP contribution in [0.2, 0.25) is 5.28 Å². The molecule has 21 heavy (non-hydrogen) atoms. The molecule has 0 saturated heterocycles. The van der Waals surface area contributed by atoms with Gasteiger partial charge in [-0.2, -0.15) is 24.7 Å². The molecule has 2 heterocycles. The topological polar surface area (TPSA) is 92.8 Å². The van der Waals surface area contributed by atoms with Gasteiger partial charge < -0.3 is 10.0 Å². The van der Waals surface area contributed by atoms with Gasteiger partial charge in [0, 0.05) is 13.6 Å². The predicted molar refractivity (Wildman–Crippen MR) is 76.4 cm³/mol. The number of likely N-dealkylation sites (N-methyl/N-ethyl adjacent to an activating group) is 1. The Morgan fingerprint density at radius 2 is 2.10 bits per heavy atom. The van der Waals surface area contributed by atoms with Gasteiger partial charge in [-0.25, -0.2) is 4.98 Å². The molecule has 2 aromatic heterocycles. The highest BCUT2D eigenvalue weighted by Crippen LogP contribution is 2.30. The molecule has 0 bridgehead atoms. The number of rotatable bonds is 4. The zero-order chi connectivity index (χ0) is 14.9. The maximum Gasteiger partial charge on any atom is 0.258 e. The lowest BCUT2D eigenvalue weighted by Gasteiger charge is -2.28. The van der Waals surface area contributed by atoms with E-state index >= 15 is 0 Å². The van der Waals surface area contributed by atoms with Crippen molar-refractivity contribution in [3.05, 3.63) is 17.9 Å². The summed E-state index contributed by atoms with van der Waals surface area (Å²) in [6, 6.07) is 0. The highest BCUT2D eigenvalue weighted by molar-refractivity contribution is 6.28. The predicted octanol–water partition coefficient (Wildman–Crippen LogP) is 0.847. The van der Waals surface area contributed by atoms with E-state index in [2.05, 4.69) is 25.0 Å². The lowest BCUT2D eigenvalue weighted by Crippen LogP contribution is -2.40. The van der Waals surface area contributed by atoms with Gasteiger partial charge in [-0.05, 0) is 24.4 Å². The number of aliphatic hydroxyl groups is 1. The number of hydrogen-bond acceptors (Lipinski definition) is 7. The Balaban J connectivity index is 1.84. The van der Waals surface area contributed by atoms with Crippen LogP contribution in [0.5, 0.6) is 0 Å². The maximum atomic E-state index is 10.5. The molecule has 0 atom stereocenters. The molecule has 0 aromatic carbocycles. The van der Waals surface area contributed by atoms with E-state index in [0.717, 1.165) is 25.7 Å². The number of aromatic nitrogens is 6. The quantitative estimate of drug-likeness (QED) is 0.894. The van der Waals surface area contributed by atoms with Crippen molar-refractivity contribution in [2.75, 3.05) is 18.5 Å². The van der Waals surface area contributed by atoms with Crippen molar-refractivity contribution in [3.63, 3.8) is 0 Å². The fraction of sp³-hybridized carbons (Fsp3) is 0.583. The zero-order valence-electron chi connectivity index (χ0n) is 11.6. The first-order valence-corrected chi connectivity index (χ1v) is 7.14. The Kier molecular flexibility index (Phi) is 3.73. The largest absolute Gasteiger partial charge is 0.388 e.